The monoisotopic (exact) mass is 318 g/mol. The molecule has 0 spiro atoms. The molecule has 2 saturated heterocycles. The molecule has 7 nitrogen and oxygen atoms in total. The van der Waals surface area contributed by atoms with E-state index in [4.69, 9.17) is 10.5 Å². The molecule has 7 heteroatoms. The zero-order chi connectivity index (χ0) is 16.2. The Morgan fingerprint density at radius 3 is 2.52 bits per heavy atom. The first kappa shape index (κ1) is 15.7. The van der Waals surface area contributed by atoms with E-state index < -0.39 is 5.91 Å². The molecule has 0 radical (unpaired) electrons. The number of anilines is 1. The number of nitrogens with two attached hydrogens (primary N) is 1. The number of pyridine rings is 1. The number of rotatable bonds is 3. The number of piperidine rings is 1. The Balaban J connectivity index is 1.62. The normalized spacial score (nSPS) is 19.7. The molecule has 0 saturated carbocycles. The minimum Gasteiger partial charge on any atom is -0.378 e. The smallest absolute Gasteiger partial charge is 0.252 e. The quantitative estimate of drug-likeness (QED) is 0.863. The van der Waals surface area contributed by atoms with Crippen LogP contribution in [-0.2, 0) is 9.53 Å². The molecule has 0 unspecified atom stereocenters. The maximum atomic E-state index is 12.5. The molecule has 0 atom stereocenters. The fraction of sp³-hybridized carbons (Fsp3) is 0.562. The highest BCUT2D eigenvalue weighted by molar-refractivity contribution is 5.97. The van der Waals surface area contributed by atoms with Crippen molar-refractivity contribution < 1.29 is 14.3 Å². The fourth-order valence-electron chi connectivity index (χ4n) is 3.22. The second-order valence-electron chi connectivity index (χ2n) is 5.94. The Kier molecular flexibility index (Phi) is 4.76. The van der Waals surface area contributed by atoms with Crippen LogP contribution in [0.4, 0.5) is 5.82 Å². The van der Waals surface area contributed by atoms with Crippen molar-refractivity contribution in [3.05, 3.63) is 23.9 Å². The van der Waals surface area contributed by atoms with E-state index >= 15 is 0 Å². The molecule has 0 aromatic carbocycles. The van der Waals surface area contributed by atoms with Crippen molar-refractivity contribution in [1.82, 2.24) is 9.88 Å². The van der Waals surface area contributed by atoms with Crippen LogP contribution < -0.4 is 10.6 Å². The highest BCUT2D eigenvalue weighted by Gasteiger charge is 2.30. The standard InChI is InChI=1S/C16H22N4O3/c17-14(21)13-2-1-5-18-15(13)19-6-3-12(4-7-19)16(22)20-8-10-23-11-9-20/h1-2,5,12H,3-4,6-11H2,(H2,17,21). The maximum absolute atomic E-state index is 12.5. The first-order chi connectivity index (χ1) is 11.2. The van der Waals surface area contributed by atoms with Crippen molar-refractivity contribution >= 4 is 17.6 Å². The van der Waals surface area contributed by atoms with E-state index in [1.54, 1.807) is 18.3 Å². The molecule has 2 amide bonds. The van der Waals surface area contributed by atoms with Gasteiger partial charge in [-0.05, 0) is 25.0 Å². The Bertz CT molecular complexity index is 578. The van der Waals surface area contributed by atoms with Gasteiger partial charge in [-0.2, -0.15) is 0 Å². The topological polar surface area (TPSA) is 88.8 Å². The van der Waals surface area contributed by atoms with E-state index in [0.717, 1.165) is 12.8 Å². The van der Waals surface area contributed by atoms with Crippen LogP contribution >= 0.6 is 0 Å². The average Bonchev–Trinajstić information content (AvgIpc) is 2.62. The third kappa shape index (κ3) is 3.44. The third-order valence-electron chi connectivity index (χ3n) is 4.52. The van der Waals surface area contributed by atoms with Crippen molar-refractivity contribution in [3.63, 3.8) is 0 Å². The summed E-state index contributed by atoms with van der Waals surface area (Å²) in [7, 11) is 0. The molecule has 2 aliphatic rings. The molecular weight excluding hydrogens is 296 g/mol. The summed E-state index contributed by atoms with van der Waals surface area (Å²) in [6, 6.07) is 3.40. The number of carbonyl (C=O) groups excluding carboxylic acids is 2. The molecule has 1 aromatic rings. The predicted molar refractivity (Wildman–Crippen MR) is 85.1 cm³/mol. The zero-order valence-electron chi connectivity index (χ0n) is 13.1. The van der Waals surface area contributed by atoms with Crippen LogP contribution in [0.2, 0.25) is 0 Å². The molecule has 23 heavy (non-hydrogen) atoms. The number of hydrogen-bond donors (Lipinski definition) is 1. The SMILES string of the molecule is NC(=O)c1cccnc1N1CCC(C(=O)N2CCOCC2)CC1. The number of primary amides is 1. The van der Waals surface area contributed by atoms with Gasteiger partial charge in [-0.3, -0.25) is 9.59 Å². The predicted octanol–water partition coefficient (Wildman–Crippen LogP) is 0.256. The largest absolute Gasteiger partial charge is 0.378 e. The van der Waals surface area contributed by atoms with Gasteiger partial charge in [-0.25, -0.2) is 4.98 Å². The van der Waals surface area contributed by atoms with Crippen LogP contribution in [0.25, 0.3) is 0 Å². The summed E-state index contributed by atoms with van der Waals surface area (Å²) in [4.78, 5) is 32.3. The number of hydrogen-bond acceptors (Lipinski definition) is 5. The minimum absolute atomic E-state index is 0.0464. The first-order valence-electron chi connectivity index (χ1n) is 8.03. The molecule has 3 rings (SSSR count). The fourth-order valence-corrected chi connectivity index (χ4v) is 3.22. The van der Waals surface area contributed by atoms with Crippen LogP contribution in [0.1, 0.15) is 23.2 Å². The average molecular weight is 318 g/mol. The van der Waals surface area contributed by atoms with Gasteiger partial charge < -0.3 is 20.3 Å². The van der Waals surface area contributed by atoms with Gasteiger partial charge >= 0.3 is 0 Å². The van der Waals surface area contributed by atoms with Crippen molar-refractivity contribution in [2.45, 2.75) is 12.8 Å². The van der Waals surface area contributed by atoms with Gasteiger partial charge in [-0.1, -0.05) is 0 Å². The summed E-state index contributed by atoms with van der Waals surface area (Å²) in [5.41, 5.74) is 5.85. The van der Waals surface area contributed by atoms with Gasteiger partial charge in [0.05, 0.1) is 18.8 Å². The van der Waals surface area contributed by atoms with Crippen LogP contribution in [0, 0.1) is 5.92 Å². The van der Waals surface area contributed by atoms with Gasteiger partial charge in [0, 0.05) is 38.3 Å². The van der Waals surface area contributed by atoms with E-state index in [0.29, 0.717) is 50.8 Å². The number of morpholine rings is 1. The Hall–Kier alpha value is -2.15. The van der Waals surface area contributed by atoms with Gasteiger partial charge in [0.25, 0.3) is 5.91 Å². The minimum atomic E-state index is -0.473. The molecule has 0 aliphatic carbocycles. The van der Waals surface area contributed by atoms with E-state index in [9.17, 15) is 9.59 Å². The Morgan fingerprint density at radius 2 is 1.87 bits per heavy atom. The van der Waals surface area contributed by atoms with Crippen LogP contribution in [0.15, 0.2) is 18.3 Å². The summed E-state index contributed by atoms with van der Waals surface area (Å²) < 4.78 is 5.29. The lowest BCUT2D eigenvalue weighted by Crippen LogP contribution is -2.47. The van der Waals surface area contributed by atoms with Crippen LogP contribution in [0.3, 0.4) is 0 Å². The number of ether oxygens (including phenoxy) is 1. The van der Waals surface area contributed by atoms with Gasteiger partial charge in [0.2, 0.25) is 5.91 Å². The highest BCUT2D eigenvalue weighted by atomic mass is 16.5. The number of carbonyl (C=O) groups is 2. The summed E-state index contributed by atoms with van der Waals surface area (Å²) in [6.45, 7) is 4.04. The van der Waals surface area contributed by atoms with Crippen molar-refractivity contribution in [2.75, 3.05) is 44.3 Å². The second kappa shape index (κ2) is 6.95. The van der Waals surface area contributed by atoms with E-state index in [1.807, 2.05) is 9.80 Å². The highest BCUT2D eigenvalue weighted by Crippen LogP contribution is 2.25. The van der Waals surface area contributed by atoms with Crippen molar-refractivity contribution in [3.8, 4) is 0 Å². The maximum Gasteiger partial charge on any atom is 0.252 e. The van der Waals surface area contributed by atoms with E-state index in [-0.39, 0.29) is 11.8 Å². The van der Waals surface area contributed by atoms with E-state index in [1.165, 1.54) is 0 Å². The molecular formula is C16H22N4O3. The Labute approximate surface area is 135 Å². The molecule has 3 heterocycles. The first-order valence-corrected chi connectivity index (χ1v) is 8.03. The molecule has 0 bridgehead atoms. The second-order valence-corrected chi connectivity index (χ2v) is 5.94. The molecule has 1 aromatic heterocycles. The number of nitrogens with zero attached hydrogens (tertiary/aromatic N) is 3. The van der Waals surface area contributed by atoms with Crippen molar-refractivity contribution in [2.24, 2.45) is 11.7 Å². The molecule has 2 aliphatic heterocycles. The number of aromatic nitrogens is 1. The lowest BCUT2D eigenvalue weighted by Gasteiger charge is -2.36. The molecule has 2 fully saturated rings. The van der Waals surface area contributed by atoms with E-state index in [2.05, 4.69) is 4.98 Å². The Morgan fingerprint density at radius 1 is 1.17 bits per heavy atom. The lowest BCUT2D eigenvalue weighted by atomic mass is 9.94. The summed E-state index contributed by atoms with van der Waals surface area (Å²) in [5.74, 6) is 0.422. The van der Waals surface area contributed by atoms with Crippen molar-refractivity contribution in [1.29, 1.82) is 0 Å². The van der Waals surface area contributed by atoms with Gasteiger partial charge in [0.15, 0.2) is 0 Å². The third-order valence-corrected chi connectivity index (χ3v) is 4.52. The van der Waals surface area contributed by atoms with Gasteiger partial charge in [0.1, 0.15) is 5.82 Å². The summed E-state index contributed by atoms with van der Waals surface area (Å²) >= 11 is 0. The van der Waals surface area contributed by atoms with Gasteiger partial charge in [-0.15, -0.1) is 0 Å². The van der Waals surface area contributed by atoms with Crippen LogP contribution in [0.5, 0.6) is 0 Å². The summed E-state index contributed by atoms with van der Waals surface area (Å²) in [5, 5.41) is 0. The van der Waals surface area contributed by atoms with Crippen LogP contribution in [-0.4, -0.2) is 61.1 Å². The number of amides is 2. The lowest BCUT2D eigenvalue weighted by molar-refractivity contribution is -0.140. The molecule has 124 valence electrons. The molecule has 2 N–H and O–H groups in total. The zero-order valence-corrected chi connectivity index (χ0v) is 13.1. The summed E-state index contributed by atoms with van der Waals surface area (Å²) in [6.07, 6.45) is 3.20.